The van der Waals surface area contributed by atoms with Crippen LogP contribution in [0.5, 0.6) is 0 Å². The van der Waals surface area contributed by atoms with Crippen molar-refractivity contribution < 1.29 is 18.0 Å². The molecule has 35 heavy (non-hydrogen) atoms. The highest BCUT2D eigenvalue weighted by molar-refractivity contribution is 7.15. The fourth-order valence-electron chi connectivity index (χ4n) is 3.97. The zero-order valence-corrected chi connectivity index (χ0v) is 19.5. The lowest BCUT2D eigenvalue weighted by molar-refractivity contribution is -0.137. The first-order chi connectivity index (χ1) is 16.8. The van der Waals surface area contributed by atoms with E-state index in [-0.39, 0.29) is 11.9 Å². The summed E-state index contributed by atoms with van der Waals surface area (Å²) in [6.07, 6.45) is 1.64. The van der Waals surface area contributed by atoms with E-state index in [0.29, 0.717) is 22.6 Å². The van der Waals surface area contributed by atoms with Gasteiger partial charge in [-0.25, -0.2) is 15.0 Å². The number of nitrogens with one attached hydrogen (secondary N) is 3. The Balaban J connectivity index is 1.25. The van der Waals surface area contributed by atoms with Gasteiger partial charge in [-0.1, -0.05) is 11.3 Å². The minimum atomic E-state index is -4.38. The summed E-state index contributed by atoms with van der Waals surface area (Å²) in [4.78, 5) is 26.6. The van der Waals surface area contributed by atoms with E-state index in [1.807, 2.05) is 6.92 Å². The molecule has 3 N–H and O–H groups in total. The number of hydrogen-bond acceptors (Lipinski definition) is 7. The molecule has 0 unspecified atom stereocenters. The van der Waals surface area contributed by atoms with Crippen molar-refractivity contribution in [2.45, 2.75) is 31.6 Å². The molecule has 3 aromatic heterocycles. The van der Waals surface area contributed by atoms with Crippen LogP contribution in [0.1, 0.15) is 46.4 Å². The molecule has 0 spiro atoms. The molecule has 12 heteroatoms. The number of carbonyl (C=O) groups excluding carboxylic acids is 1. The van der Waals surface area contributed by atoms with Gasteiger partial charge in [0.2, 0.25) is 0 Å². The molecule has 1 aliphatic heterocycles. The Labute approximate surface area is 202 Å². The highest BCUT2D eigenvalue weighted by Gasteiger charge is 2.30. The maximum Gasteiger partial charge on any atom is 0.416 e. The number of imidazole rings is 1. The van der Waals surface area contributed by atoms with Gasteiger partial charge in [-0.2, -0.15) is 13.2 Å². The van der Waals surface area contributed by atoms with Gasteiger partial charge in [0.1, 0.15) is 11.2 Å². The van der Waals surface area contributed by atoms with E-state index in [4.69, 9.17) is 0 Å². The molecular formula is C23H22F3N7OS. The van der Waals surface area contributed by atoms with Crippen molar-refractivity contribution in [3.63, 3.8) is 0 Å². The minimum Gasteiger partial charge on any atom is -0.343 e. The molecule has 1 aliphatic rings. The van der Waals surface area contributed by atoms with Gasteiger partial charge in [-0.15, -0.1) is 0 Å². The lowest BCUT2D eigenvalue weighted by Gasteiger charge is -2.13. The number of alkyl halides is 3. The summed E-state index contributed by atoms with van der Waals surface area (Å²) < 4.78 is 40.3. The van der Waals surface area contributed by atoms with Crippen LogP contribution in [-0.2, 0) is 6.18 Å². The van der Waals surface area contributed by atoms with Crippen LogP contribution in [0.2, 0.25) is 0 Å². The zero-order chi connectivity index (χ0) is 24.6. The average molecular weight is 502 g/mol. The maximum atomic E-state index is 12.9. The Morgan fingerprint density at radius 2 is 2.00 bits per heavy atom. The first kappa shape index (κ1) is 23.2. The molecule has 0 radical (unpaired) electrons. The van der Waals surface area contributed by atoms with Crippen LogP contribution in [0.4, 0.5) is 24.0 Å². The predicted molar refractivity (Wildman–Crippen MR) is 127 cm³/mol. The zero-order valence-electron chi connectivity index (χ0n) is 18.6. The molecular weight excluding hydrogens is 479 g/mol. The summed E-state index contributed by atoms with van der Waals surface area (Å²) in [6, 6.07) is 6.44. The summed E-state index contributed by atoms with van der Waals surface area (Å²) in [5, 5.41) is 9.77. The molecule has 0 aliphatic carbocycles. The molecule has 182 valence electrons. The van der Waals surface area contributed by atoms with E-state index >= 15 is 0 Å². The number of rotatable bonds is 6. The number of amides is 1. The lowest BCUT2D eigenvalue weighted by atomic mass is 10.2. The molecule has 2 atom stereocenters. The van der Waals surface area contributed by atoms with Crippen LogP contribution in [0.25, 0.3) is 11.0 Å². The Morgan fingerprint density at radius 1 is 1.20 bits per heavy atom. The van der Waals surface area contributed by atoms with Gasteiger partial charge in [0, 0.05) is 29.3 Å². The number of nitrogens with zero attached hydrogens (tertiary/aromatic N) is 4. The van der Waals surface area contributed by atoms with Crippen LogP contribution >= 0.6 is 11.3 Å². The molecule has 5 rings (SSSR count). The first-order valence-corrected chi connectivity index (χ1v) is 11.8. The van der Waals surface area contributed by atoms with Crippen LogP contribution in [0, 0.1) is 0 Å². The number of halogens is 3. The highest BCUT2D eigenvalue weighted by atomic mass is 32.1. The van der Waals surface area contributed by atoms with Crippen LogP contribution in [-0.4, -0.2) is 38.5 Å². The smallest absolute Gasteiger partial charge is 0.343 e. The fourth-order valence-corrected chi connectivity index (χ4v) is 4.81. The van der Waals surface area contributed by atoms with Crippen LogP contribution < -0.4 is 16.0 Å². The number of hydrogen-bond donors (Lipinski definition) is 3. The topological polar surface area (TPSA) is 96.8 Å². The molecule has 0 saturated carbocycles. The van der Waals surface area contributed by atoms with Crippen molar-refractivity contribution in [2.75, 3.05) is 18.4 Å². The Bertz CT molecular complexity index is 1340. The average Bonchev–Trinajstić information content (AvgIpc) is 3.59. The van der Waals surface area contributed by atoms with Gasteiger partial charge in [0.25, 0.3) is 5.91 Å². The van der Waals surface area contributed by atoms with E-state index in [0.717, 1.165) is 47.6 Å². The predicted octanol–water partition coefficient (Wildman–Crippen LogP) is 4.68. The number of aromatic nitrogens is 4. The summed E-state index contributed by atoms with van der Waals surface area (Å²) in [5.74, 6) is -0.317. The van der Waals surface area contributed by atoms with E-state index in [1.165, 1.54) is 23.5 Å². The molecule has 1 fully saturated rings. The van der Waals surface area contributed by atoms with E-state index in [9.17, 15) is 18.0 Å². The van der Waals surface area contributed by atoms with Gasteiger partial charge in [-0.05, 0) is 50.2 Å². The summed E-state index contributed by atoms with van der Waals surface area (Å²) in [7, 11) is 0. The third kappa shape index (κ3) is 4.98. The van der Waals surface area contributed by atoms with E-state index in [1.54, 1.807) is 24.8 Å². The first-order valence-electron chi connectivity index (χ1n) is 11.0. The molecule has 0 bridgehead atoms. The normalized spacial score (nSPS) is 17.0. The summed E-state index contributed by atoms with van der Waals surface area (Å²) in [5.41, 5.74) is 1.68. The van der Waals surface area contributed by atoms with Crippen molar-refractivity contribution >= 4 is 39.1 Å². The van der Waals surface area contributed by atoms with Crippen molar-refractivity contribution in [3.05, 3.63) is 65.2 Å². The third-order valence-corrected chi connectivity index (χ3v) is 6.98. The number of anilines is 2. The quantitative estimate of drug-likeness (QED) is 0.355. The number of benzene rings is 1. The van der Waals surface area contributed by atoms with Gasteiger partial charge >= 0.3 is 6.18 Å². The Kier molecular flexibility index (Phi) is 6.15. The van der Waals surface area contributed by atoms with Crippen molar-refractivity contribution in [3.8, 4) is 0 Å². The molecule has 8 nitrogen and oxygen atoms in total. The van der Waals surface area contributed by atoms with Crippen LogP contribution in [0.15, 0.2) is 49.1 Å². The second-order valence-electron chi connectivity index (χ2n) is 8.32. The number of pyridine rings is 1. The van der Waals surface area contributed by atoms with E-state index < -0.39 is 11.7 Å². The van der Waals surface area contributed by atoms with Crippen molar-refractivity contribution in [2.24, 2.45) is 0 Å². The standard InChI is InChI=1S/C23H22F3N7OS/c1-13(20-11-29-22(35-20)32-15-4-2-14(3-5-15)23(24,25)26)31-21(34)17-8-19-18(10-28-17)30-12-33(19)16-6-7-27-9-16/h2-5,8,10-13,16,27H,6-7,9H2,1H3,(H,29,32)(H,31,34)/t13-,16+/m1/s1. The number of carbonyl (C=O) groups is 1. The maximum absolute atomic E-state index is 12.9. The van der Waals surface area contributed by atoms with Gasteiger partial charge < -0.3 is 20.5 Å². The summed E-state index contributed by atoms with van der Waals surface area (Å²) >= 11 is 1.31. The number of thiazole rings is 1. The largest absolute Gasteiger partial charge is 0.416 e. The van der Waals surface area contributed by atoms with Crippen molar-refractivity contribution in [1.29, 1.82) is 0 Å². The second kappa shape index (κ2) is 9.27. The Morgan fingerprint density at radius 3 is 2.71 bits per heavy atom. The summed E-state index contributed by atoms with van der Waals surface area (Å²) in [6.45, 7) is 3.64. The molecule has 1 aromatic carbocycles. The molecule has 1 saturated heterocycles. The van der Waals surface area contributed by atoms with Gasteiger partial charge in [0.15, 0.2) is 5.13 Å². The second-order valence-corrected chi connectivity index (χ2v) is 9.38. The highest BCUT2D eigenvalue weighted by Crippen LogP contribution is 2.32. The van der Waals surface area contributed by atoms with Crippen molar-refractivity contribution in [1.82, 2.24) is 30.2 Å². The molecule has 1 amide bonds. The SMILES string of the molecule is C[C@@H](NC(=O)c1cc2c(cn1)ncn2[C@H]1CCNC1)c1cnc(Nc2ccc(C(F)(F)F)cc2)s1. The number of fused-ring (bicyclic) bond motifs is 1. The third-order valence-electron chi connectivity index (χ3n) is 5.88. The van der Waals surface area contributed by atoms with Crippen LogP contribution in [0.3, 0.4) is 0 Å². The molecule has 4 heterocycles. The lowest BCUT2D eigenvalue weighted by Crippen LogP contribution is -2.27. The van der Waals surface area contributed by atoms with Gasteiger partial charge in [0.05, 0.1) is 29.6 Å². The minimum absolute atomic E-state index is 0.296. The van der Waals surface area contributed by atoms with E-state index in [2.05, 4.69) is 35.5 Å². The molecule has 4 aromatic rings. The van der Waals surface area contributed by atoms with Gasteiger partial charge in [-0.3, -0.25) is 4.79 Å². The monoisotopic (exact) mass is 501 g/mol. The Hall–Kier alpha value is -3.51. The fraction of sp³-hybridized carbons (Fsp3) is 0.304.